The molecule has 0 fully saturated rings. The second-order valence-corrected chi connectivity index (χ2v) is 8.25. The number of aliphatic imine (C=N–C) groups is 1. The Morgan fingerprint density at radius 1 is 1.18 bits per heavy atom. The molecule has 0 spiro atoms. The van der Waals surface area contributed by atoms with Gasteiger partial charge in [-0.3, -0.25) is 4.79 Å². The van der Waals surface area contributed by atoms with Crippen LogP contribution in [-0.2, 0) is 12.8 Å². The van der Waals surface area contributed by atoms with Gasteiger partial charge in [-0.25, -0.2) is 9.38 Å². The van der Waals surface area contributed by atoms with Gasteiger partial charge in [0.2, 0.25) is 0 Å². The molecular weight excluding hydrogens is 371 g/mol. The number of thiophene rings is 1. The average molecular weight is 392 g/mol. The van der Waals surface area contributed by atoms with Crippen molar-refractivity contribution in [1.82, 2.24) is 0 Å². The van der Waals surface area contributed by atoms with E-state index in [0.29, 0.717) is 11.5 Å². The number of anilines is 1. The topological polar surface area (TPSA) is 41.5 Å². The van der Waals surface area contributed by atoms with E-state index in [9.17, 15) is 9.18 Å². The lowest BCUT2D eigenvalue weighted by molar-refractivity contribution is 0.102. The molecule has 28 heavy (non-hydrogen) atoms. The lowest BCUT2D eigenvalue weighted by Crippen LogP contribution is -2.16. The first kappa shape index (κ1) is 18.6. The van der Waals surface area contributed by atoms with Crippen LogP contribution in [0, 0.1) is 11.7 Å². The predicted octanol–water partition coefficient (Wildman–Crippen LogP) is 6.01. The lowest BCUT2D eigenvalue weighted by Gasteiger charge is -2.18. The first-order chi connectivity index (χ1) is 13.6. The number of fused-ring (bicyclic) bond motifs is 1. The first-order valence-electron chi connectivity index (χ1n) is 9.40. The molecule has 0 bridgehead atoms. The molecule has 1 aliphatic rings. The van der Waals surface area contributed by atoms with Crippen LogP contribution in [0.4, 0.5) is 15.1 Å². The van der Waals surface area contributed by atoms with Crippen molar-refractivity contribution < 1.29 is 9.18 Å². The zero-order chi connectivity index (χ0) is 19.5. The summed E-state index contributed by atoms with van der Waals surface area (Å²) in [6.45, 7) is 2.24. The SMILES string of the molecule is C[C@@H]1CCc2c(sc(N=Cc3ccc(F)cc3)c2C(=O)Nc2ccccc2)C1. The number of carbonyl (C=O) groups excluding carboxylic acids is 1. The zero-order valence-electron chi connectivity index (χ0n) is 15.6. The number of hydrogen-bond donors (Lipinski definition) is 1. The Bertz CT molecular complexity index is 1010. The Kier molecular flexibility index (Phi) is 5.35. The highest BCUT2D eigenvalue weighted by molar-refractivity contribution is 7.16. The standard InChI is InChI=1S/C23H21FN2OS/c1-15-7-12-19-20(13-15)28-23(25-14-16-8-10-17(24)11-9-16)21(19)22(27)26-18-5-3-2-4-6-18/h2-6,8-11,14-15H,7,12-13H2,1H3,(H,26,27)/t15-/m1/s1. The third-order valence-electron chi connectivity index (χ3n) is 4.95. The van der Waals surface area contributed by atoms with Crippen LogP contribution in [0.5, 0.6) is 0 Å². The number of benzene rings is 2. The molecule has 0 radical (unpaired) electrons. The molecule has 1 heterocycles. The van der Waals surface area contributed by atoms with E-state index in [1.165, 1.54) is 17.0 Å². The van der Waals surface area contributed by atoms with Gasteiger partial charge >= 0.3 is 0 Å². The Labute approximate surface area is 168 Å². The fourth-order valence-electron chi connectivity index (χ4n) is 3.46. The average Bonchev–Trinajstić information content (AvgIpc) is 3.06. The van der Waals surface area contributed by atoms with Gasteiger partial charge in [0.1, 0.15) is 10.8 Å². The van der Waals surface area contributed by atoms with E-state index in [1.54, 1.807) is 29.7 Å². The number of rotatable bonds is 4. The number of hydrogen-bond acceptors (Lipinski definition) is 3. The van der Waals surface area contributed by atoms with E-state index in [1.807, 2.05) is 30.3 Å². The summed E-state index contributed by atoms with van der Waals surface area (Å²) in [7, 11) is 0. The highest BCUT2D eigenvalue weighted by atomic mass is 32.1. The third-order valence-corrected chi connectivity index (χ3v) is 6.12. The van der Waals surface area contributed by atoms with Gasteiger partial charge in [-0.2, -0.15) is 0 Å². The fraction of sp³-hybridized carbons (Fsp3) is 0.217. The molecule has 0 saturated heterocycles. The smallest absolute Gasteiger partial charge is 0.259 e. The van der Waals surface area contributed by atoms with Crippen LogP contribution in [0.3, 0.4) is 0 Å². The quantitative estimate of drug-likeness (QED) is 0.542. The number of nitrogens with zero attached hydrogens (tertiary/aromatic N) is 1. The van der Waals surface area contributed by atoms with Gasteiger partial charge in [0, 0.05) is 16.8 Å². The van der Waals surface area contributed by atoms with Crippen molar-refractivity contribution in [2.75, 3.05) is 5.32 Å². The lowest BCUT2D eigenvalue weighted by atomic mass is 9.88. The summed E-state index contributed by atoms with van der Waals surface area (Å²) in [5.74, 6) is 0.218. The molecule has 5 heteroatoms. The largest absolute Gasteiger partial charge is 0.322 e. The Morgan fingerprint density at radius 3 is 2.68 bits per heavy atom. The molecule has 1 atom stereocenters. The Morgan fingerprint density at radius 2 is 1.93 bits per heavy atom. The summed E-state index contributed by atoms with van der Waals surface area (Å²) in [6.07, 6.45) is 4.66. The van der Waals surface area contributed by atoms with Crippen LogP contribution in [0.25, 0.3) is 0 Å². The fourth-order valence-corrected chi connectivity index (χ4v) is 4.81. The third kappa shape index (κ3) is 4.04. The minimum absolute atomic E-state index is 0.121. The summed E-state index contributed by atoms with van der Waals surface area (Å²) < 4.78 is 13.1. The molecular formula is C23H21FN2OS. The van der Waals surface area contributed by atoms with Crippen LogP contribution >= 0.6 is 11.3 Å². The molecule has 3 nitrogen and oxygen atoms in total. The van der Waals surface area contributed by atoms with Crippen molar-refractivity contribution >= 4 is 34.1 Å². The van der Waals surface area contributed by atoms with Crippen molar-refractivity contribution in [3.8, 4) is 0 Å². The van der Waals surface area contributed by atoms with Gasteiger partial charge < -0.3 is 5.32 Å². The Hall–Kier alpha value is -2.79. The minimum Gasteiger partial charge on any atom is -0.322 e. The number of amides is 1. The predicted molar refractivity (Wildman–Crippen MR) is 114 cm³/mol. The van der Waals surface area contributed by atoms with Crippen LogP contribution < -0.4 is 5.32 Å². The molecule has 142 valence electrons. The van der Waals surface area contributed by atoms with Crippen molar-refractivity contribution in [2.45, 2.75) is 26.2 Å². The maximum atomic E-state index is 13.1. The second kappa shape index (κ2) is 8.07. The first-order valence-corrected chi connectivity index (χ1v) is 10.2. The highest BCUT2D eigenvalue weighted by Crippen LogP contribution is 2.41. The summed E-state index contributed by atoms with van der Waals surface area (Å²) in [4.78, 5) is 18.9. The monoisotopic (exact) mass is 392 g/mol. The van der Waals surface area contributed by atoms with Gasteiger partial charge in [0.15, 0.2) is 0 Å². The molecule has 1 aromatic heterocycles. The molecule has 0 unspecified atom stereocenters. The summed E-state index contributed by atoms with van der Waals surface area (Å²) in [5.41, 5.74) is 3.37. The van der Waals surface area contributed by atoms with Crippen LogP contribution in [0.1, 0.15) is 39.7 Å². The van der Waals surface area contributed by atoms with E-state index < -0.39 is 0 Å². The van der Waals surface area contributed by atoms with Crippen molar-refractivity contribution in [3.05, 3.63) is 82.0 Å². The summed E-state index contributed by atoms with van der Waals surface area (Å²) in [6, 6.07) is 15.6. The molecule has 1 N–H and O–H groups in total. The van der Waals surface area contributed by atoms with Gasteiger partial charge in [0.05, 0.1) is 5.56 Å². The Balaban J connectivity index is 1.68. The van der Waals surface area contributed by atoms with E-state index in [4.69, 9.17) is 0 Å². The zero-order valence-corrected chi connectivity index (χ0v) is 16.4. The molecule has 1 amide bonds. The molecule has 0 aliphatic heterocycles. The normalized spacial score (nSPS) is 16.1. The summed E-state index contributed by atoms with van der Waals surface area (Å²) >= 11 is 1.59. The van der Waals surface area contributed by atoms with Gasteiger partial charge in [-0.1, -0.05) is 37.3 Å². The van der Waals surface area contributed by atoms with Crippen molar-refractivity contribution in [3.63, 3.8) is 0 Å². The molecule has 2 aromatic carbocycles. The van der Waals surface area contributed by atoms with E-state index in [2.05, 4.69) is 17.2 Å². The molecule has 3 aromatic rings. The van der Waals surface area contributed by atoms with Gasteiger partial charge in [-0.05, 0) is 60.6 Å². The van der Waals surface area contributed by atoms with Crippen LogP contribution in [-0.4, -0.2) is 12.1 Å². The number of halogens is 1. The van der Waals surface area contributed by atoms with Gasteiger partial charge in [-0.15, -0.1) is 11.3 Å². The van der Waals surface area contributed by atoms with Crippen LogP contribution in [0.15, 0.2) is 59.6 Å². The molecule has 1 aliphatic carbocycles. The summed E-state index contributed by atoms with van der Waals surface area (Å²) in [5, 5.41) is 3.72. The number of para-hydroxylation sites is 1. The van der Waals surface area contributed by atoms with Crippen molar-refractivity contribution in [1.29, 1.82) is 0 Å². The van der Waals surface area contributed by atoms with Gasteiger partial charge in [0.25, 0.3) is 5.91 Å². The molecule has 0 saturated carbocycles. The van der Waals surface area contributed by atoms with Crippen LogP contribution in [0.2, 0.25) is 0 Å². The minimum atomic E-state index is -0.277. The van der Waals surface area contributed by atoms with E-state index in [-0.39, 0.29) is 11.7 Å². The number of carbonyl (C=O) groups is 1. The van der Waals surface area contributed by atoms with E-state index in [0.717, 1.165) is 41.1 Å². The second-order valence-electron chi connectivity index (χ2n) is 7.16. The van der Waals surface area contributed by atoms with E-state index >= 15 is 0 Å². The van der Waals surface area contributed by atoms with Crippen molar-refractivity contribution in [2.24, 2.45) is 10.9 Å². The highest BCUT2D eigenvalue weighted by Gasteiger charge is 2.27. The molecule has 4 rings (SSSR count). The maximum Gasteiger partial charge on any atom is 0.259 e. The maximum absolute atomic E-state index is 13.1. The number of nitrogens with one attached hydrogen (secondary N) is 1.